The third-order valence-electron chi connectivity index (χ3n) is 3.14. The van der Waals surface area contributed by atoms with E-state index in [0.29, 0.717) is 6.42 Å². The quantitative estimate of drug-likeness (QED) is 0.846. The second-order valence-electron chi connectivity index (χ2n) is 4.45. The fraction of sp³-hybridized carbons (Fsp3) is 0.533. The fourth-order valence-corrected chi connectivity index (χ4v) is 2.31. The van der Waals surface area contributed by atoms with Gasteiger partial charge in [0.1, 0.15) is 6.04 Å². The van der Waals surface area contributed by atoms with Crippen molar-refractivity contribution >= 4 is 5.97 Å². The van der Waals surface area contributed by atoms with Crippen LogP contribution in [0.3, 0.4) is 0 Å². The summed E-state index contributed by atoms with van der Waals surface area (Å²) < 4.78 is 4.81. The van der Waals surface area contributed by atoms with E-state index in [0.717, 1.165) is 13.1 Å². The Morgan fingerprint density at radius 2 is 2.00 bits per heavy atom. The molecule has 1 heterocycles. The maximum Gasteiger partial charge on any atom is 0.323 e. The molecule has 0 radical (unpaired) electrons. The lowest BCUT2D eigenvalue weighted by atomic mass is 10.1. The van der Waals surface area contributed by atoms with Crippen molar-refractivity contribution in [2.24, 2.45) is 5.73 Å². The molecule has 19 heavy (non-hydrogen) atoms. The van der Waals surface area contributed by atoms with Gasteiger partial charge in [-0.25, -0.2) is 0 Å². The summed E-state index contributed by atoms with van der Waals surface area (Å²) in [7, 11) is 1.42. The second-order valence-corrected chi connectivity index (χ2v) is 4.45. The molecule has 106 valence electrons. The SMILES string of the molecule is CC.COC(=O)[C@@H]1C[C@H](N)CN1Cc1ccccc1. The first-order valence-electron chi connectivity index (χ1n) is 6.82. The highest BCUT2D eigenvalue weighted by Crippen LogP contribution is 2.20. The number of carbonyl (C=O) groups is 1. The number of hydrogen-bond donors (Lipinski definition) is 1. The Morgan fingerprint density at radius 3 is 2.58 bits per heavy atom. The van der Waals surface area contributed by atoms with Crippen LogP contribution in [0.2, 0.25) is 0 Å². The minimum absolute atomic E-state index is 0.0582. The molecule has 1 aromatic rings. The Morgan fingerprint density at radius 1 is 1.37 bits per heavy atom. The van der Waals surface area contributed by atoms with Crippen LogP contribution in [0, 0.1) is 0 Å². The largest absolute Gasteiger partial charge is 0.468 e. The first-order chi connectivity index (χ1) is 9.20. The number of esters is 1. The Kier molecular flexibility index (Phi) is 6.53. The molecule has 0 spiro atoms. The Bertz CT molecular complexity index is 381. The Hall–Kier alpha value is -1.39. The minimum atomic E-state index is -0.199. The molecule has 2 N–H and O–H groups in total. The molecule has 1 saturated heterocycles. The van der Waals surface area contributed by atoms with Crippen molar-refractivity contribution < 1.29 is 9.53 Å². The lowest BCUT2D eigenvalue weighted by Gasteiger charge is -2.22. The summed E-state index contributed by atoms with van der Waals surface area (Å²) in [6.07, 6.45) is 0.680. The first-order valence-corrected chi connectivity index (χ1v) is 6.82. The maximum absolute atomic E-state index is 11.6. The topological polar surface area (TPSA) is 55.6 Å². The van der Waals surface area contributed by atoms with Crippen molar-refractivity contribution in [1.29, 1.82) is 0 Å². The fourth-order valence-electron chi connectivity index (χ4n) is 2.31. The molecular weight excluding hydrogens is 240 g/mol. The lowest BCUT2D eigenvalue weighted by molar-refractivity contribution is -0.146. The van der Waals surface area contributed by atoms with Gasteiger partial charge >= 0.3 is 5.97 Å². The zero-order chi connectivity index (χ0) is 14.3. The molecule has 1 aromatic carbocycles. The monoisotopic (exact) mass is 264 g/mol. The van der Waals surface area contributed by atoms with Crippen molar-refractivity contribution in [1.82, 2.24) is 4.90 Å². The number of nitrogens with two attached hydrogens (primary N) is 1. The third-order valence-corrected chi connectivity index (χ3v) is 3.14. The van der Waals surface area contributed by atoms with Gasteiger partial charge in [-0.15, -0.1) is 0 Å². The second kappa shape index (κ2) is 7.92. The van der Waals surface area contributed by atoms with Crippen LogP contribution in [-0.4, -0.2) is 36.6 Å². The van der Waals surface area contributed by atoms with Gasteiger partial charge in [-0.3, -0.25) is 9.69 Å². The number of likely N-dealkylation sites (tertiary alicyclic amines) is 1. The number of ether oxygens (including phenoxy) is 1. The van der Waals surface area contributed by atoms with Gasteiger partial charge in [0.15, 0.2) is 0 Å². The highest BCUT2D eigenvalue weighted by molar-refractivity contribution is 5.76. The molecular formula is C15H24N2O2. The molecule has 1 aliphatic rings. The van der Waals surface area contributed by atoms with Gasteiger partial charge in [0.2, 0.25) is 0 Å². The summed E-state index contributed by atoms with van der Waals surface area (Å²) in [5.41, 5.74) is 7.10. The summed E-state index contributed by atoms with van der Waals surface area (Å²) in [6.45, 7) is 5.49. The van der Waals surface area contributed by atoms with E-state index in [9.17, 15) is 4.79 Å². The average molecular weight is 264 g/mol. The zero-order valence-corrected chi connectivity index (χ0v) is 12.0. The summed E-state index contributed by atoms with van der Waals surface area (Å²) in [5, 5.41) is 0. The third kappa shape index (κ3) is 4.33. The van der Waals surface area contributed by atoms with Gasteiger partial charge in [0.25, 0.3) is 0 Å². The molecule has 1 fully saturated rings. The van der Waals surface area contributed by atoms with E-state index in [1.165, 1.54) is 12.7 Å². The van der Waals surface area contributed by atoms with E-state index in [-0.39, 0.29) is 18.1 Å². The predicted molar refractivity (Wildman–Crippen MR) is 76.6 cm³/mol. The van der Waals surface area contributed by atoms with Gasteiger partial charge in [-0.1, -0.05) is 44.2 Å². The minimum Gasteiger partial charge on any atom is -0.468 e. The number of hydrogen-bond acceptors (Lipinski definition) is 4. The molecule has 1 aliphatic heterocycles. The Balaban J connectivity index is 0.000000861. The number of rotatable bonds is 3. The Labute approximate surface area is 115 Å². The molecule has 0 unspecified atom stereocenters. The van der Waals surface area contributed by atoms with Crippen LogP contribution in [0.25, 0.3) is 0 Å². The molecule has 2 atom stereocenters. The molecule has 4 nitrogen and oxygen atoms in total. The van der Waals surface area contributed by atoms with Crippen molar-refractivity contribution in [2.75, 3.05) is 13.7 Å². The van der Waals surface area contributed by atoms with Gasteiger partial charge in [0, 0.05) is 19.1 Å². The van der Waals surface area contributed by atoms with E-state index in [2.05, 4.69) is 17.0 Å². The molecule has 0 aromatic heterocycles. The van der Waals surface area contributed by atoms with Crippen LogP contribution in [-0.2, 0) is 16.1 Å². The van der Waals surface area contributed by atoms with E-state index in [4.69, 9.17) is 10.5 Å². The van der Waals surface area contributed by atoms with Crippen LogP contribution >= 0.6 is 0 Å². The average Bonchev–Trinajstić information content (AvgIpc) is 2.82. The van der Waals surface area contributed by atoms with Gasteiger partial charge in [-0.05, 0) is 12.0 Å². The molecule has 0 aliphatic carbocycles. The number of benzene rings is 1. The van der Waals surface area contributed by atoms with E-state index in [1.54, 1.807) is 0 Å². The highest BCUT2D eigenvalue weighted by Gasteiger charge is 2.35. The van der Waals surface area contributed by atoms with Crippen LogP contribution in [0.1, 0.15) is 25.8 Å². The number of methoxy groups -OCH3 is 1. The van der Waals surface area contributed by atoms with E-state index >= 15 is 0 Å². The zero-order valence-electron chi connectivity index (χ0n) is 12.0. The van der Waals surface area contributed by atoms with E-state index < -0.39 is 0 Å². The molecule has 0 bridgehead atoms. The summed E-state index contributed by atoms with van der Waals surface area (Å²) in [5.74, 6) is -0.186. The maximum atomic E-state index is 11.6. The van der Waals surface area contributed by atoms with Crippen LogP contribution < -0.4 is 5.73 Å². The van der Waals surface area contributed by atoms with Crippen molar-refractivity contribution in [3.63, 3.8) is 0 Å². The number of nitrogens with zero attached hydrogens (tertiary/aromatic N) is 1. The normalized spacial score (nSPS) is 22.5. The van der Waals surface area contributed by atoms with Crippen molar-refractivity contribution in [3.8, 4) is 0 Å². The summed E-state index contributed by atoms with van der Waals surface area (Å²) in [4.78, 5) is 13.7. The molecule has 0 amide bonds. The highest BCUT2D eigenvalue weighted by atomic mass is 16.5. The van der Waals surface area contributed by atoms with Crippen molar-refractivity contribution in [3.05, 3.63) is 35.9 Å². The lowest BCUT2D eigenvalue weighted by Crippen LogP contribution is -2.36. The molecule has 2 rings (SSSR count). The standard InChI is InChI=1S/C13H18N2O2.C2H6/c1-17-13(16)12-7-11(14)9-15(12)8-10-5-3-2-4-6-10;1-2/h2-6,11-12H,7-9,14H2,1H3;1-2H3/t11-,12-;/m0./s1. The summed E-state index contributed by atoms with van der Waals surface area (Å²) >= 11 is 0. The van der Waals surface area contributed by atoms with Gasteiger partial charge < -0.3 is 10.5 Å². The molecule has 4 heteroatoms. The predicted octanol–water partition coefficient (Wildman–Crippen LogP) is 1.79. The summed E-state index contributed by atoms with van der Waals surface area (Å²) in [6, 6.07) is 9.95. The van der Waals surface area contributed by atoms with E-state index in [1.807, 2.05) is 32.0 Å². The first kappa shape index (κ1) is 15.7. The molecule has 0 saturated carbocycles. The van der Waals surface area contributed by atoms with Crippen LogP contribution in [0.4, 0.5) is 0 Å². The van der Waals surface area contributed by atoms with Gasteiger partial charge in [0.05, 0.1) is 7.11 Å². The van der Waals surface area contributed by atoms with Gasteiger partial charge in [-0.2, -0.15) is 0 Å². The van der Waals surface area contributed by atoms with Crippen molar-refractivity contribution in [2.45, 2.75) is 38.9 Å². The number of carbonyl (C=O) groups excluding carboxylic acids is 1. The van der Waals surface area contributed by atoms with Crippen LogP contribution in [0.15, 0.2) is 30.3 Å². The smallest absolute Gasteiger partial charge is 0.323 e. The van der Waals surface area contributed by atoms with Crippen LogP contribution in [0.5, 0.6) is 0 Å².